The van der Waals surface area contributed by atoms with Gasteiger partial charge in [0.2, 0.25) is 5.91 Å². The van der Waals surface area contributed by atoms with Gasteiger partial charge in [-0.2, -0.15) is 0 Å². The van der Waals surface area contributed by atoms with Crippen molar-refractivity contribution in [3.8, 4) is 11.5 Å². The van der Waals surface area contributed by atoms with E-state index >= 15 is 0 Å². The van der Waals surface area contributed by atoms with Gasteiger partial charge >= 0.3 is 0 Å². The van der Waals surface area contributed by atoms with Gasteiger partial charge in [-0.25, -0.2) is 0 Å². The molecule has 0 atom stereocenters. The monoisotopic (exact) mass is 324 g/mol. The van der Waals surface area contributed by atoms with Crippen LogP contribution in [0, 0.1) is 0 Å². The summed E-state index contributed by atoms with van der Waals surface area (Å²) in [6.45, 7) is 9.22. The van der Waals surface area contributed by atoms with Crippen molar-refractivity contribution in [1.82, 2.24) is 4.90 Å². The van der Waals surface area contributed by atoms with Gasteiger partial charge in [-0.15, -0.1) is 0 Å². The highest BCUT2D eigenvalue weighted by Gasteiger charge is 2.12. The van der Waals surface area contributed by atoms with Gasteiger partial charge in [-0.3, -0.25) is 4.79 Å². The van der Waals surface area contributed by atoms with Crippen LogP contribution < -0.4 is 10.1 Å². The average molecular weight is 324 g/mol. The number of hydrogen-bond acceptors (Lipinski definition) is 3. The molecule has 1 N–H and O–H groups in total. The Balaban J connectivity index is 2.02. The van der Waals surface area contributed by atoms with Crippen LogP contribution in [-0.4, -0.2) is 30.4 Å². The third-order valence-corrected chi connectivity index (χ3v) is 3.48. The molecule has 2 aromatic carbocycles. The van der Waals surface area contributed by atoms with Crippen molar-refractivity contribution in [2.24, 2.45) is 0 Å². The summed E-state index contributed by atoms with van der Waals surface area (Å²) in [6.07, 6.45) is 0. The zero-order chi connectivity index (χ0) is 17.4. The average Bonchev–Trinajstić information content (AvgIpc) is 2.59. The first-order chi connectivity index (χ1) is 11.6. The maximum Gasteiger partial charge on any atom is 0.242 e. The van der Waals surface area contributed by atoms with Crippen molar-refractivity contribution in [2.75, 3.05) is 25.0 Å². The number of rotatable bonds is 8. The van der Waals surface area contributed by atoms with Crippen molar-refractivity contribution in [3.05, 3.63) is 66.7 Å². The van der Waals surface area contributed by atoms with E-state index < -0.39 is 0 Å². The Morgan fingerprint density at radius 1 is 1.12 bits per heavy atom. The van der Waals surface area contributed by atoms with E-state index in [1.54, 1.807) is 4.90 Å². The molecule has 0 aliphatic rings. The van der Waals surface area contributed by atoms with Crippen LogP contribution in [0.4, 0.5) is 5.69 Å². The van der Waals surface area contributed by atoms with Crippen LogP contribution in [0.3, 0.4) is 0 Å². The summed E-state index contributed by atoms with van der Waals surface area (Å²) in [6, 6.07) is 17.2. The Morgan fingerprint density at radius 2 is 1.79 bits per heavy atom. The van der Waals surface area contributed by atoms with Gasteiger partial charge in [0.1, 0.15) is 5.75 Å². The molecule has 0 saturated carbocycles. The van der Waals surface area contributed by atoms with E-state index in [4.69, 9.17) is 4.74 Å². The van der Waals surface area contributed by atoms with Gasteiger partial charge in [0.05, 0.1) is 12.2 Å². The largest absolute Gasteiger partial charge is 0.455 e. The van der Waals surface area contributed by atoms with Gasteiger partial charge in [-0.1, -0.05) is 42.5 Å². The van der Waals surface area contributed by atoms with Crippen LogP contribution in [0.1, 0.15) is 13.8 Å². The Morgan fingerprint density at radius 3 is 2.46 bits per heavy atom. The maximum atomic E-state index is 12.3. The smallest absolute Gasteiger partial charge is 0.242 e. The Kier molecular flexibility index (Phi) is 6.43. The molecule has 0 heterocycles. The number of nitrogens with one attached hydrogen (secondary N) is 1. The van der Waals surface area contributed by atoms with Crippen molar-refractivity contribution in [3.63, 3.8) is 0 Å². The number of para-hydroxylation sites is 3. The summed E-state index contributed by atoms with van der Waals surface area (Å²) < 4.78 is 5.89. The number of nitrogens with zero attached hydrogens (tertiary/aromatic N) is 1. The standard InChI is InChI=1S/C20H24N2O2/c1-4-22(15-16(2)3)20(23)14-21-18-12-8-9-13-19(18)24-17-10-6-5-7-11-17/h5-13,21H,2,4,14-15H2,1,3H3. The third-order valence-electron chi connectivity index (χ3n) is 3.48. The second kappa shape index (κ2) is 8.77. The lowest BCUT2D eigenvalue weighted by molar-refractivity contribution is -0.128. The summed E-state index contributed by atoms with van der Waals surface area (Å²) in [4.78, 5) is 14.1. The van der Waals surface area contributed by atoms with E-state index in [0.717, 1.165) is 17.0 Å². The Hall–Kier alpha value is -2.75. The predicted octanol–water partition coefficient (Wildman–Crippen LogP) is 4.32. The molecule has 1 amide bonds. The lowest BCUT2D eigenvalue weighted by Gasteiger charge is -2.22. The Bertz CT molecular complexity index is 683. The number of hydrogen-bond donors (Lipinski definition) is 1. The fourth-order valence-corrected chi connectivity index (χ4v) is 2.30. The normalized spacial score (nSPS) is 10.1. The fraction of sp³-hybridized carbons (Fsp3) is 0.250. The highest BCUT2D eigenvalue weighted by Crippen LogP contribution is 2.28. The van der Waals surface area contributed by atoms with E-state index in [0.29, 0.717) is 18.8 Å². The molecule has 0 aliphatic heterocycles. The summed E-state index contributed by atoms with van der Waals surface area (Å²) in [7, 11) is 0. The summed E-state index contributed by atoms with van der Waals surface area (Å²) >= 11 is 0. The van der Waals surface area contributed by atoms with Gasteiger partial charge in [0.15, 0.2) is 5.75 Å². The highest BCUT2D eigenvalue weighted by molar-refractivity contribution is 5.81. The second-order valence-electron chi connectivity index (χ2n) is 5.63. The van der Waals surface area contributed by atoms with E-state index in [1.807, 2.05) is 68.4 Å². The molecule has 24 heavy (non-hydrogen) atoms. The molecule has 126 valence electrons. The van der Waals surface area contributed by atoms with Crippen molar-refractivity contribution in [2.45, 2.75) is 13.8 Å². The lowest BCUT2D eigenvalue weighted by atomic mass is 10.2. The third kappa shape index (κ3) is 5.16. The summed E-state index contributed by atoms with van der Waals surface area (Å²) in [5.41, 5.74) is 1.76. The molecule has 0 unspecified atom stereocenters. The van der Waals surface area contributed by atoms with Gasteiger partial charge in [-0.05, 0) is 38.1 Å². The van der Waals surface area contributed by atoms with Crippen LogP contribution in [0.15, 0.2) is 66.7 Å². The number of carbonyl (C=O) groups excluding carboxylic acids is 1. The first-order valence-corrected chi connectivity index (χ1v) is 8.08. The molecule has 0 radical (unpaired) electrons. The maximum absolute atomic E-state index is 12.3. The minimum Gasteiger partial charge on any atom is -0.455 e. The SMILES string of the molecule is C=C(C)CN(CC)C(=O)CNc1ccccc1Oc1ccccc1. The van der Waals surface area contributed by atoms with Crippen LogP contribution >= 0.6 is 0 Å². The molecule has 4 nitrogen and oxygen atoms in total. The van der Waals surface area contributed by atoms with Gasteiger partial charge < -0.3 is 15.0 Å². The van der Waals surface area contributed by atoms with E-state index in [2.05, 4.69) is 11.9 Å². The highest BCUT2D eigenvalue weighted by atomic mass is 16.5. The topological polar surface area (TPSA) is 41.6 Å². The van der Waals surface area contributed by atoms with Crippen LogP contribution in [0.2, 0.25) is 0 Å². The van der Waals surface area contributed by atoms with E-state index in [9.17, 15) is 4.79 Å². The minimum atomic E-state index is 0.0371. The molecular formula is C20H24N2O2. The van der Waals surface area contributed by atoms with Crippen molar-refractivity contribution >= 4 is 11.6 Å². The Labute approximate surface area is 143 Å². The molecule has 2 aromatic rings. The quantitative estimate of drug-likeness (QED) is 0.736. The lowest BCUT2D eigenvalue weighted by Crippen LogP contribution is -2.36. The number of amides is 1. The van der Waals surface area contributed by atoms with E-state index in [-0.39, 0.29) is 12.5 Å². The number of anilines is 1. The van der Waals surface area contributed by atoms with Crippen LogP contribution in [0.25, 0.3) is 0 Å². The van der Waals surface area contributed by atoms with Crippen molar-refractivity contribution in [1.29, 1.82) is 0 Å². The molecular weight excluding hydrogens is 300 g/mol. The van der Waals surface area contributed by atoms with Crippen LogP contribution in [0.5, 0.6) is 11.5 Å². The number of ether oxygens (including phenoxy) is 1. The molecule has 0 spiro atoms. The predicted molar refractivity (Wildman–Crippen MR) is 98.5 cm³/mol. The van der Waals surface area contributed by atoms with Crippen molar-refractivity contribution < 1.29 is 9.53 Å². The second-order valence-corrected chi connectivity index (χ2v) is 5.63. The zero-order valence-corrected chi connectivity index (χ0v) is 14.3. The zero-order valence-electron chi connectivity index (χ0n) is 14.3. The summed E-state index contributed by atoms with van der Waals surface area (Å²) in [5, 5.41) is 3.18. The molecule has 0 saturated heterocycles. The first-order valence-electron chi connectivity index (χ1n) is 8.08. The molecule has 4 heteroatoms. The number of likely N-dealkylation sites (N-methyl/N-ethyl adjacent to an activating group) is 1. The van der Waals surface area contributed by atoms with Gasteiger partial charge in [0, 0.05) is 13.1 Å². The molecule has 2 rings (SSSR count). The molecule has 0 aliphatic carbocycles. The molecule has 0 aromatic heterocycles. The number of carbonyl (C=O) groups is 1. The van der Waals surface area contributed by atoms with Crippen LogP contribution in [-0.2, 0) is 4.79 Å². The molecule has 0 fully saturated rings. The molecule has 0 bridgehead atoms. The van der Waals surface area contributed by atoms with E-state index in [1.165, 1.54) is 0 Å². The first kappa shape index (κ1) is 17.6. The van der Waals surface area contributed by atoms with Gasteiger partial charge in [0.25, 0.3) is 0 Å². The fourth-order valence-electron chi connectivity index (χ4n) is 2.30. The number of benzene rings is 2. The minimum absolute atomic E-state index is 0.0371. The summed E-state index contributed by atoms with van der Waals surface area (Å²) in [5.74, 6) is 1.49.